The van der Waals surface area contributed by atoms with Crippen molar-refractivity contribution < 1.29 is 26.2 Å². The number of aromatic hydroxyl groups is 1. The zero-order chi connectivity index (χ0) is 37.2. The Morgan fingerprint density at radius 2 is 1.26 bits per heavy atom. The molecule has 1 N–H and O–H groups in total. The van der Waals surface area contributed by atoms with Crippen molar-refractivity contribution in [2.24, 2.45) is 0 Å². The van der Waals surface area contributed by atoms with Crippen molar-refractivity contribution in [1.29, 1.82) is 0 Å². The minimum absolute atomic E-state index is 0. The van der Waals surface area contributed by atoms with E-state index in [1.807, 2.05) is 60.8 Å². The second kappa shape index (κ2) is 16.0. The van der Waals surface area contributed by atoms with Crippen molar-refractivity contribution in [3.05, 3.63) is 180 Å². The molecular weight excluding hydrogens is 842 g/mol. The predicted octanol–water partition coefficient (Wildman–Crippen LogP) is 12.6. The summed E-state index contributed by atoms with van der Waals surface area (Å²) < 4.78 is 0. The van der Waals surface area contributed by atoms with Crippen LogP contribution in [0.4, 0.5) is 17.2 Å². The van der Waals surface area contributed by atoms with Gasteiger partial charge in [0.15, 0.2) is 0 Å². The Kier molecular flexibility index (Phi) is 11.4. The van der Waals surface area contributed by atoms with E-state index in [9.17, 15) is 5.11 Å². The zero-order valence-corrected chi connectivity index (χ0v) is 34.0. The largest absolute Gasteiger partial charge is 0.507 e. The molecule has 0 aliphatic rings. The number of aromatic nitrogens is 2. The van der Waals surface area contributed by atoms with Gasteiger partial charge < -0.3 is 10.0 Å². The van der Waals surface area contributed by atoms with Crippen LogP contribution in [0.2, 0.25) is 0 Å². The number of hydrogen-bond acceptors (Lipinski definition) is 4. The minimum Gasteiger partial charge on any atom is -0.507 e. The molecule has 2 aromatic heterocycles. The Labute approximate surface area is 334 Å². The number of anilines is 3. The van der Waals surface area contributed by atoms with Gasteiger partial charge in [-0.1, -0.05) is 139 Å². The second-order valence-corrected chi connectivity index (χ2v) is 15.7. The second-order valence-electron chi connectivity index (χ2n) is 15.7. The average molecular weight is 888 g/mol. The molecule has 0 unspecified atom stereocenters. The normalized spacial score (nSPS) is 11.5. The van der Waals surface area contributed by atoms with E-state index in [4.69, 9.17) is 9.97 Å². The summed E-state index contributed by atoms with van der Waals surface area (Å²) in [5.74, 6) is 1.06. The van der Waals surface area contributed by atoms with E-state index >= 15 is 0 Å². The van der Waals surface area contributed by atoms with Crippen LogP contribution in [0.1, 0.15) is 63.8 Å². The van der Waals surface area contributed by atoms with Crippen molar-refractivity contribution in [2.75, 3.05) is 4.90 Å². The van der Waals surface area contributed by atoms with Crippen molar-refractivity contribution in [2.45, 2.75) is 58.8 Å². The van der Waals surface area contributed by atoms with Gasteiger partial charge in [-0.3, -0.25) is 4.98 Å². The number of phenols is 1. The number of para-hydroxylation sites is 1. The number of rotatable bonds is 8. The first-order valence-corrected chi connectivity index (χ1v) is 18.3. The number of hydrogen-bond donors (Lipinski definition) is 1. The third-order valence-corrected chi connectivity index (χ3v) is 9.61. The van der Waals surface area contributed by atoms with Crippen LogP contribution >= 0.6 is 0 Å². The molecule has 0 bridgehead atoms. The number of phenolic OH excluding ortho intramolecular Hbond substituents is 1. The van der Waals surface area contributed by atoms with Gasteiger partial charge in [-0.2, -0.15) is 0 Å². The first-order chi connectivity index (χ1) is 25.4. The molecular formula is C49H46N3OPt-. The number of nitrogens with zero attached hydrogens (tertiary/aromatic N) is 3. The van der Waals surface area contributed by atoms with Crippen LogP contribution in [0.3, 0.4) is 0 Å². The topological polar surface area (TPSA) is 49.3 Å². The van der Waals surface area contributed by atoms with Crippen LogP contribution < -0.4 is 4.90 Å². The average Bonchev–Trinajstić information content (AvgIpc) is 3.16. The van der Waals surface area contributed by atoms with E-state index in [2.05, 4.69) is 144 Å². The molecule has 0 saturated carbocycles. The van der Waals surface area contributed by atoms with Gasteiger partial charge in [0.2, 0.25) is 0 Å². The molecule has 274 valence electrons. The Bertz CT molecular complexity index is 2330. The van der Waals surface area contributed by atoms with Crippen LogP contribution in [-0.4, -0.2) is 15.1 Å². The molecule has 5 heteroatoms. The third kappa shape index (κ3) is 8.56. The SMILES string of the molecule is CC(C)(C)c1cc(-c2cc(-c3ccccc3)cc(-c3cccc(C(C)(C)C)c3O)n2)[c-]c(N(c2ccc(Cc3ccccc3)cc2)c2ccccn2)c1.[Pt]. The molecule has 4 nitrogen and oxygen atoms in total. The van der Waals surface area contributed by atoms with Gasteiger partial charge in [0.1, 0.15) is 11.6 Å². The van der Waals surface area contributed by atoms with Crippen LogP contribution in [0.15, 0.2) is 152 Å². The van der Waals surface area contributed by atoms with E-state index < -0.39 is 0 Å². The maximum absolute atomic E-state index is 11.7. The van der Waals surface area contributed by atoms with Crippen molar-refractivity contribution in [3.8, 4) is 39.4 Å². The van der Waals surface area contributed by atoms with Crippen LogP contribution in [0, 0.1) is 6.07 Å². The summed E-state index contributed by atoms with van der Waals surface area (Å²) in [6.45, 7) is 13.0. The summed E-state index contributed by atoms with van der Waals surface area (Å²) in [7, 11) is 0. The molecule has 0 saturated heterocycles. The van der Waals surface area contributed by atoms with Gasteiger partial charge in [-0.25, -0.2) is 4.98 Å². The van der Waals surface area contributed by atoms with Crippen LogP contribution in [0.5, 0.6) is 5.75 Å². The van der Waals surface area contributed by atoms with Crippen molar-refractivity contribution >= 4 is 17.2 Å². The summed E-state index contributed by atoms with van der Waals surface area (Å²) in [4.78, 5) is 12.3. The molecule has 0 amide bonds. The predicted molar refractivity (Wildman–Crippen MR) is 220 cm³/mol. The number of benzene rings is 5. The first kappa shape index (κ1) is 38.4. The van der Waals surface area contributed by atoms with Gasteiger partial charge >= 0.3 is 0 Å². The molecule has 0 spiro atoms. The van der Waals surface area contributed by atoms with Gasteiger partial charge in [0, 0.05) is 38.5 Å². The maximum Gasteiger partial charge on any atom is 0.136 e. The fourth-order valence-corrected chi connectivity index (χ4v) is 6.68. The molecule has 7 rings (SSSR count). The van der Waals surface area contributed by atoms with Crippen LogP contribution in [-0.2, 0) is 38.3 Å². The minimum atomic E-state index is -0.238. The molecule has 7 aromatic rings. The zero-order valence-electron chi connectivity index (χ0n) is 31.7. The summed E-state index contributed by atoms with van der Waals surface area (Å²) in [6.07, 6.45) is 2.69. The third-order valence-electron chi connectivity index (χ3n) is 9.61. The van der Waals surface area contributed by atoms with Gasteiger partial charge in [0.05, 0.1) is 5.69 Å². The monoisotopic (exact) mass is 887 g/mol. The molecule has 0 fully saturated rings. The van der Waals surface area contributed by atoms with E-state index in [0.29, 0.717) is 11.3 Å². The Balaban J connectivity index is 0.00000497. The molecule has 0 radical (unpaired) electrons. The standard InChI is InChI=1S/C49H46N3O.Pt/c1-48(2,3)39-29-38(44-31-37(36-18-11-8-12-19-36)32-45(51-44)42-20-15-21-43(47(42)53)49(4,5)6)30-41(33-39)52(46-22-13-14-27-50-46)40-25-23-35(24-26-40)28-34-16-9-7-10-17-34;/h7-27,29,31-33,53H,28H2,1-6H3;/q-1;. The summed E-state index contributed by atoms with van der Waals surface area (Å²) >= 11 is 0. The Morgan fingerprint density at radius 1 is 0.611 bits per heavy atom. The van der Waals surface area contributed by atoms with Crippen molar-refractivity contribution in [1.82, 2.24) is 9.97 Å². The smallest absolute Gasteiger partial charge is 0.136 e. The van der Waals surface area contributed by atoms with E-state index in [-0.39, 0.29) is 37.6 Å². The fourth-order valence-electron chi connectivity index (χ4n) is 6.68. The van der Waals surface area contributed by atoms with E-state index in [1.165, 1.54) is 11.1 Å². The maximum atomic E-state index is 11.7. The Morgan fingerprint density at radius 3 is 1.91 bits per heavy atom. The van der Waals surface area contributed by atoms with Crippen molar-refractivity contribution in [3.63, 3.8) is 0 Å². The molecule has 2 heterocycles. The van der Waals surface area contributed by atoms with E-state index in [0.717, 1.165) is 57.1 Å². The van der Waals surface area contributed by atoms with Gasteiger partial charge in [-0.05, 0) is 92.8 Å². The molecule has 0 atom stereocenters. The summed E-state index contributed by atoms with van der Waals surface area (Å²) in [6, 6.07) is 54.0. The molecule has 0 aliphatic heterocycles. The first-order valence-electron chi connectivity index (χ1n) is 18.3. The molecule has 5 aromatic carbocycles. The quantitative estimate of drug-likeness (QED) is 0.154. The van der Waals surface area contributed by atoms with Crippen LogP contribution in [0.25, 0.3) is 33.6 Å². The molecule has 0 aliphatic carbocycles. The van der Waals surface area contributed by atoms with E-state index in [1.54, 1.807) is 0 Å². The number of pyridine rings is 2. The van der Waals surface area contributed by atoms with Gasteiger partial charge in [-0.15, -0.1) is 29.3 Å². The van der Waals surface area contributed by atoms with Gasteiger partial charge in [0.25, 0.3) is 0 Å². The fraction of sp³-hybridized carbons (Fsp3) is 0.184. The summed E-state index contributed by atoms with van der Waals surface area (Å²) in [5, 5.41) is 11.7. The Hall–Kier alpha value is -5.31. The molecule has 54 heavy (non-hydrogen) atoms. The summed E-state index contributed by atoms with van der Waals surface area (Å²) in [5.41, 5.74) is 11.1.